The van der Waals surface area contributed by atoms with E-state index in [1.807, 2.05) is 11.5 Å². The third-order valence-electron chi connectivity index (χ3n) is 4.19. The fourth-order valence-corrected chi connectivity index (χ4v) is 2.92. The first kappa shape index (κ1) is 17.3. The highest BCUT2D eigenvalue weighted by molar-refractivity contribution is 5.28. The van der Waals surface area contributed by atoms with E-state index >= 15 is 0 Å². The maximum atomic E-state index is 12.2. The molecule has 5 nitrogen and oxygen atoms in total. The Morgan fingerprint density at radius 3 is 2.60 bits per heavy atom. The molecular formula is C17H17F3N2O3. The largest absolute Gasteiger partial charge is 0.573 e. The lowest BCUT2D eigenvalue weighted by Gasteiger charge is -2.36. The highest BCUT2D eigenvalue weighted by Crippen LogP contribution is 2.25. The molecule has 0 saturated heterocycles. The molecule has 1 N–H and O–H groups in total. The molecule has 2 aromatic rings. The maximum absolute atomic E-state index is 12.2. The maximum Gasteiger partial charge on any atom is 0.573 e. The van der Waals surface area contributed by atoms with E-state index in [2.05, 4.69) is 9.64 Å². The second-order valence-electron chi connectivity index (χ2n) is 6.11. The number of rotatable bonds is 3. The average Bonchev–Trinajstić information content (AvgIpc) is 2.51. The van der Waals surface area contributed by atoms with Crippen LogP contribution in [0.15, 0.2) is 41.3 Å². The van der Waals surface area contributed by atoms with Gasteiger partial charge in [0.2, 0.25) is 5.43 Å². The van der Waals surface area contributed by atoms with Gasteiger partial charge in [-0.3, -0.25) is 9.69 Å². The van der Waals surface area contributed by atoms with E-state index < -0.39 is 11.8 Å². The van der Waals surface area contributed by atoms with Gasteiger partial charge in [-0.1, -0.05) is 12.1 Å². The second kappa shape index (κ2) is 6.44. The van der Waals surface area contributed by atoms with Gasteiger partial charge < -0.3 is 14.4 Å². The Kier molecular flexibility index (Phi) is 4.47. The molecule has 0 radical (unpaired) electrons. The molecule has 1 aromatic carbocycles. The van der Waals surface area contributed by atoms with Crippen LogP contribution in [0.1, 0.15) is 18.2 Å². The molecule has 1 unspecified atom stereocenters. The van der Waals surface area contributed by atoms with E-state index in [0.717, 1.165) is 11.3 Å². The van der Waals surface area contributed by atoms with Crippen molar-refractivity contribution in [3.63, 3.8) is 0 Å². The summed E-state index contributed by atoms with van der Waals surface area (Å²) in [6, 6.07) is 7.30. The van der Waals surface area contributed by atoms with Crippen molar-refractivity contribution in [1.29, 1.82) is 0 Å². The van der Waals surface area contributed by atoms with Crippen LogP contribution in [0.2, 0.25) is 0 Å². The highest BCUT2D eigenvalue weighted by Gasteiger charge is 2.31. The fourth-order valence-electron chi connectivity index (χ4n) is 2.92. The van der Waals surface area contributed by atoms with Gasteiger partial charge >= 0.3 is 6.36 Å². The Labute approximate surface area is 141 Å². The van der Waals surface area contributed by atoms with Gasteiger partial charge in [0, 0.05) is 37.4 Å². The second-order valence-corrected chi connectivity index (χ2v) is 6.11. The number of ether oxygens (including phenoxy) is 1. The molecule has 0 saturated carbocycles. The average molecular weight is 354 g/mol. The van der Waals surface area contributed by atoms with Gasteiger partial charge in [0.1, 0.15) is 5.75 Å². The number of aromatic hydroxyl groups is 1. The molecule has 2 heterocycles. The number of aromatic nitrogens is 1. The number of benzene rings is 1. The van der Waals surface area contributed by atoms with Crippen LogP contribution in [0.25, 0.3) is 0 Å². The normalized spacial score (nSPS) is 18.0. The van der Waals surface area contributed by atoms with Crippen molar-refractivity contribution in [2.24, 2.45) is 0 Å². The summed E-state index contributed by atoms with van der Waals surface area (Å²) < 4.78 is 42.3. The lowest BCUT2D eigenvalue weighted by atomic mass is 10.1. The van der Waals surface area contributed by atoms with E-state index in [0.29, 0.717) is 19.6 Å². The fraction of sp³-hybridized carbons (Fsp3) is 0.353. The van der Waals surface area contributed by atoms with Crippen molar-refractivity contribution in [3.05, 3.63) is 58.0 Å². The predicted molar refractivity (Wildman–Crippen MR) is 84.2 cm³/mol. The minimum absolute atomic E-state index is 0.139. The molecule has 8 heteroatoms. The number of nitrogens with zero attached hydrogens (tertiary/aromatic N) is 2. The molecule has 134 valence electrons. The lowest BCUT2D eigenvalue weighted by Crippen LogP contribution is -2.41. The molecule has 3 rings (SSSR count). The molecule has 0 aliphatic carbocycles. The Bertz CT molecular complexity index is 815. The van der Waals surface area contributed by atoms with Crippen LogP contribution in [0.3, 0.4) is 0 Å². The minimum atomic E-state index is -4.70. The van der Waals surface area contributed by atoms with Gasteiger partial charge in [-0.25, -0.2) is 0 Å². The molecule has 1 aliphatic rings. The Morgan fingerprint density at radius 2 is 1.96 bits per heavy atom. The third kappa shape index (κ3) is 4.14. The topological polar surface area (TPSA) is 54.7 Å². The zero-order valence-electron chi connectivity index (χ0n) is 13.5. The molecule has 0 fully saturated rings. The van der Waals surface area contributed by atoms with Crippen LogP contribution in [-0.4, -0.2) is 27.0 Å². The lowest BCUT2D eigenvalue weighted by molar-refractivity contribution is -0.274. The van der Waals surface area contributed by atoms with E-state index in [1.165, 1.54) is 24.4 Å². The van der Waals surface area contributed by atoms with Gasteiger partial charge in [0.15, 0.2) is 5.75 Å². The predicted octanol–water partition coefficient (Wildman–Crippen LogP) is 2.86. The number of halogens is 3. The van der Waals surface area contributed by atoms with Crippen LogP contribution < -0.4 is 10.2 Å². The standard InChI is InChI=1S/C17H17F3N2O3/c1-11-7-22-10-16(24)15(23)6-13(22)9-21(11)8-12-2-4-14(5-3-12)25-17(18,19)20/h2-6,10-11,24H,7-9H2,1H3. The van der Waals surface area contributed by atoms with E-state index in [9.17, 15) is 23.1 Å². The van der Waals surface area contributed by atoms with Crippen molar-refractivity contribution < 1.29 is 23.0 Å². The van der Waals surface area contributed by atoms with Crippen LogP contribution in [0.4, 0.5) is 13.2 Å². The molecule has 0 spiro atoms. The van der Waals surface area contributed by atoms with Gasteiger partial charge in [0.05, 0.1) is 6.20 Å². The first-order valence-corrected chi connectivity index (χ1v) is 7.72. The first-order chi connectivity index (χ1) is 11.7. The Balaban J connectivity index is 1.72. The summed E-state index contributed by atoms with van der Waals surface area (Å²) in [7, 11) is 0. The molecule has 1 atom stereocenters. The summed E-state index contributed by atoms with van der Waals surface area (Å²) in [6.07, 6.45) is -3.26. The van der Waals surface area contributed by atoms with E-state index in [1.54, 1.807) is 12.1 Å². The summed E-state index contributed by atoms with van der Waals surface area (Å²) >= 11 is 0. The third-order valence-corrected chi connectivity index (χ3v) is 4.19. The Hall–Kier alpha value is -2.48. The number of pyridine rings is 1. The highest BCUT2D eigenvalue weighted by atomic mass is 19.4. The van der Waals surface area contributed by atoms with E-state index in [4.69, 9.17) is 0 Å². The van der Waals surface area contributed by atoms with Crippen molar-refractivity contribution in [2.75, 3.05) is 0 Å². The molecule has 1 aromatic heterocycles. The van der Waals surface area contributed by atoms with Crippen molar-refractivity contribution in [2.45, 2.75) is 39.0 Å². The first-order valence-electron chi connectivity index (χ1n) is 7.72. The summed E-state index contributed by atoms with van der Waals surface area (Å²) in [5.74, 6) is -0.528. The summed E-state index contributed by atoms with van der Waals surface area (Å²) in [5.41, 5.74) is 1.21. The number of hydrogen-bond acceptors (Lipinski definition) is 4. The van der Waals surface area contributed by atoms with Crippen LogP contribution >= 0.6 is 0 Å². The SMILES string of the molecule is CC1Cn2cc(O)c(=O)cc2CN1Cc1ccc(OC(F)(F)F)cc1. The summed E-state index contributed by atoms with van der Waals surface area (Å²) in [6.45, 7) is 3.66. The van der Waals surface area contributed by atoms with Gasteiger partial charge in [-0.15, -0.1) is 13.2 Å². The van der Waals surface area contributed by atoms with Crippen molar-refractivity contribution in [1.82, 2.24) is 9.47 Å². The monoisotopic (exact) mass is 354 g/mol. The number of alkyl halides is 3. The van der Waals surface area contributed by atoms with Crippen LogP contribution in [0, 0.1) is 0 Å². The Morgan fingerprint density at radius 1 is 1.28 bits per heavy atom. The van der Waals surface area contributed by atoms with Gasteiger partial charge in [-0.05, 0) is 24.6 Å². The van der Waals surface area contributed by atoms with Crippen molar-refractivity contribution >= 4 is 0 Å². The van der Waals surface area contributed by atoms with Crippen LogP contribution in [0.5, 0.6) is 11.5 Å². The smallest absolute Gasteiger partial charge is 0.503 e. The zero-order chi connectivity index (χ0) is 18.2. The molecule has 25 heavy (non-hydrogen) atoms. The molecule has 0 amide bonds. The minimum Gasteiger partial charge on any atom is -0.503 e. The van der Waals surface area contributed by atoms with Gasteiger partial charge in [-0.2, -0.15) is 0 Å². The summed E-state index contributed by atoms with van der Waals surface area (Å²) in [4.78, 5) is 13.7. The molecule has 0 bridgehead atoms. The van der Waals surface area contributed by atoms with Gasteiger partial charge in [0.25, 0.3) is 0 Å². The van der Waals surface area contributed by atoms with Crippen LogP contribution in [-0.2, 0) is 19.6 Å². The molecule has 1 aliphatic heterocycles. The number of hydrogen-bond donors (Lipinski definition) is 1. The molecular weight excluding hydrogens is 337 g/mol. The zero-order valence-corrected chi connectivity index (χ0v) is 13.5. The van der Waals surface area contributed by atoms with E-state index in [-0.39, 0.29) is 17.5 Å². The quantitative estimate of drug-likeness (QED) is 0.921. The summed E-state index contributed by atoms with van der Waals surface area (Å²) in [5, 5.41) is 9.53. The van der Waals surface area contributed by atoms with Crippen molar-refractivity contribution in [3.8, 4) is 11.5 Å². The number of fused-ring (bicyclic) bond motifs is 1.